The Morgan fingerprint density at radius 3 is 2.57 bits per heavy atom. The number of hydrogen-bond acceptors (Lipinski definition) is 8. The molecular weight excluding hydrogens is 498 g/mol. The highest BCUT2D eigenvalue weighted by Crippen LogP contribution is 2.31. The van der Waals surface area contributed by atoms with E-state index in [1.165, 1.54) is 16.8 Å². The van der Waals surface area contributed by atoms with E-state index in [2.05, 4.69) is 22.0 Å². The molecule has 1 aromatic heterocycles. The van der Waals surface area contributed by atoms with Gasteiger partial charge in [-0.1, -0.05) is 18.2 Å². The number of imidazole rings is 1. The van der Waals surface area contributed by atoms with E-state index in [0.717, 1.165) is 18.8 Å². The van der Waals surface area contributed by atoms with Crippen LogP contribution in [0.25, 0.3) is 0 Å². The first-order valence-corrected chi connectivity index (χ1v) is 14.2. The van der Waals surface area contributed by atoms with Gasteiger partial charge in [0.1, 0.15) is 0 Å². The van der Waals surface area contributed by atoms with Gasteiger partial charge in [0.05, 0.1) is 50.3 Å². The van der Waals surface area contributed by atoms with E-state index in [1.807, 2.05) is 23.1 Å². The first kappa shape index (κ1) is 26.1. The molecule has 0 spiro atoms. The molecule has 0 bridgehead atoms. The number of rotatable bonds is 5. The minimum absolute atomic E-state index is 0.0100. The molecule has 3 aliphatic rings. The lowest BCUT2D eigenvalue weighted by atomic mass is 9.96. The summed E-state index contributed by atoms with van der Waals surface area (Å²) < 4.78 is 41.7. The van der Waals surface area contributed by atoms with Crippen LogP contribution < -0.4 is 4.90 Å². The lowest BCUT2D eigenvalue weighted by Gasteiger charge is -2.43. The van der Waals surface area contributed by atoms with Crippen LogP contribution in [0.4, 0.5) is 5.69 Å². The number of aliphatic hydroxyl groups excluding tert-OH is 1. The number of anilines is 1. The number of amides is 1. The summed E-state index contributed by atoms with van der Waals surface area (Å²) in [6, 6.07) is 9.68. The van der Waals surface area contributed by atoms with E-state index in [-0.39, 0.29) is 43.2 Å². The van der Waals surface area contributed by atoms with Crippen molar-refractivity contribution in [2.45, 2.75) is 48.6 Å². The summed E-state index contributed by atoms with van der Waals surface area (Å²) in [5.74, 6) is 0.0521. The molecule has 3 aliphatic heterocycles. The molecule has 3 saturated heterocycles. The first-order valence-electron chi connectivity index (χ1n) is 12.8. The van der Waals surface area contributed by atoms with Crippen molar-refractivity contribution in [3.8, 4) is 0 Å². The van der Waals surface area contributed by atoms with Crippen molar-refractivity contribution >= 4 is 21.6 Å². The van der Waals surface area contributed by atoms with Crippen molar-refractivity contribution in [2.24, 2.45) is 7.05 Å². The van der Waals surface area contributed by atoms with Crippen molar-refractivity contribution in [1.29, 1.82) is 0 Å². The number of carbonyl (C=O) groups is 1. The second-order valence-corrected chi connectivity index (χ2v) is 11.8. The molecule has 3 fully saturated rings. The predicted octanol–water partition coefficient (Wildman–Crippen LogP) is 0.457. The van der Waals surface area contributed by atoms with Crippen LogP contribution in [0.1, 0.15) is 19.3 Å². The van der Waals surface area contributed by atoms with Gasteiger partial charge in [-0.3, -0.25) is 4.79 Å². The van der Waals surface area contributed by atoms with Gasteiger partial charge in [-0.25, -0.2) is 13.4 Å². The number of ether oxygens (including phenoxy) is 2. The maximum atomic E-state index is 13.4. The maximum absolute atomic E-state index is 13.4. The number of sulfonamides is 1. The van der Waals surface area contributed by atoms with E-state index >= 15 is 0 Å². The summed E-state index contributed by atoms with van der Waals surface area (Å²) >= 11 is 0. The molecule has 11 nitrogen and oxygen atoms in total. The molecule has 1 N–H and O–H groups in total. The molecule has 1 aromatic carbocycles. The van der Waals surface area contributed by atoms with Crippen LogP contribution in [-0.2, 0) is 31.3 Å². The van der Waals surface area contributed by atoms with E-state index in [0.29, 0.717) is 25.9 Å². The number of fused-ring (bicyclic) bond motifs is 1. The summed E-state index contributed by atoms with van der Waals surface area (Å²) in [4.78, 5) is 21.3. The smallest absolute Gasteiger partial charge is 0.262 e. The Morgan fingerprint density at radius 2 is 1.86 bits per heavy atom. The predicted molar refractivity (Wildman–Crippen MR) is 135 cm³/mol. The Bertz CT molecular complexity index is 1170. The van der Waals surface area contributed by atoms with Crippen molar-refractivity contribution in [2.75, 3.05) is 50.8 Å². The third kappa shape index (κ3) is 5.83. The molecule has 2 aromatic rings. The van der Waals surface area contributed by atoms with Crippen molar-refractivity contribution in [3.05, 3.63) is 42.9 Å². The second kappa shape index (κ2) is 11.1. The molecule has 0 radical (unpaired) electrons. The fourth-order valence-corrected chi connectivity index (χ4v) is 7.08. The van der Waals surface area contributed by atoms with Gasteiger partial charge >= 0.3 is 0 Å². The topological polar surface area (TPSA) is 117 Å². The zero-order chi connectivity index (χ0) is 26.0. The third-order valence-corrected chi connectivity index (χ3v) is 9.12. The van der Waals surface area contributed by atoms with Gasteiger partial charge in [0.15, 0.2) is 5.03 Å². The highest BCUT2D eigenvalue weighted by Gasteiger charge is 2.44. The zero-order valence-electron chi connectivity index (χ0n) is 21.1. The van der Waals surface area contributed by atoms with Crippen molar-refractivity contribution < 1.29 is 27.8 Å². The monoisotopic (exact) mass is 533 g/mol. The van der Waals surface area contributed by atoms with Gasteiger partial charge in [-0.05, 0) is 25.0 Å². The second-order valence-electron chi connectivity index (χ2n) is 9.99. The van der Waals surface area contributed by atoms with Crippen molar-refractivity contribution in [3.63, 3.8) is 0 Å². The highest BCUT2D eigenvalue weighted by atomic mass is 32.2. The van der Waals surface area contributed by atoms with Gasteiger partial charge in [-0.2, -0.15) is 4.31 Å². The third-order valence-electron chi connectivity index (χ3n) is 7.34. The number of nitrogens with zero attached hydrogens (tertiary/aromatic N) is 5. The van der Waals surface area contributed by atoms with Gasteiger partial charge in [0, 0.05) is 51.7 Å². The van der Waals surface area contributed by atoms with Gasteiger partial charge < -0.3 is 28.9 Å². The summed E-state index contributed by atoms with van der Waals surface area (Å²) in [5, 5.41) is 10.3. The lowest BCUT2D eigenvalue weighted by molar-refractivity contribution is -0.151. The number of carbonyl (C=O) groups excluding carboxylic acids is 1. The minimum atomic E-state index is -3.94. The molecule has 5 rings (SSSR count). The standard InChI is InChI=1S/C25H35N5O6S/c1-27-15-24(26-18-27)37(33,34)30-14-20(31)16-35-17-23-22(30)8-7-21(36-23)13-25(32)29-11-9-28(10-12-29)19-5-3-2-4-6-19/h2-6,15,18,20-23,31H,7-14,16-17H2,1H3/t20-,21-,22+,23-/m0/s1. The number of para-hydroxylation sites is 1. The maximum Gasteiger partial charge on any atom is 0.262 e. The zero-order valence-corrected chi connectivity index (χ0v) is 21.9. The van der Waals surface area contributed by atoms with Crippen LogP contribution >= 0.6 is 0 Å². The number of piperazine rings is 1. The molecule has 4 atom stereocenters. The fourth-order valence-electron chi connectivity index (χ4n) is 5.39. The quantitative estimate of drug-likeness (QED) is 0.589. The Labute approximate surface area is 217 Å². The number of aryl methyl sites for hydroxylation is 1. The number of β-amino-alcohol motifs (C(OH)–C–C–N with tert-alkyl or cyclic N) is 1. The molecule has 1 amide bonds. The Morgan fingerprint density at radius 1 is 1.11 bits per heavy atom. The van der Waals surface area contributed by atoms with Gasteiger partial charge in [0.25, 0.3) is 10.0 Å². The van der Waals surface area contributed by atoms with Crippen LogP contribution in [-0.4, -0.2) is 108 Å². The SMILES string of the molecule is Cn1cnc(S(=O)(=O)N2C[C@H](O)COC[C@@H]3O[C@H](CC(=O)N4CCN(c5ccccc5)CC4)CC[C@H]32)c1. The number of hydrogen-bond donors (Lipinski definition) is 1. The normalized spacial score (nSPS) is 27.8. The molecule has 0 aliphatic carbocycles. The first-order chi connectivity index (χ1) is 17.8. The van der Waals surface area contributed by atoms with Gasteiger partial charge in [-0.15, -0.1) is 0 Å². The van der Waals surface area contributed by atoms with Crippen LogP contribution in [0, 0.1) is 0 Å². The molecule has 4 heterocycles. The van der Waals surface area contributed by atoms with E-state index in [9.17, 15) is 18.3 Å². The van der Waals surface area contributed by atoms with E-state index < -0.39 is 28.3 Å². The summed E-state index contributed by atoms with van der Waals surface area (Å²) in [5.41, 5.74) is 1.16. The van der Waals surface area contributed by atoms with Crippen LogP contribution in [0.15, 0.2) is 47.9 Å². The number of aromatic nitrogens is 2. The van der Waals surface area contributed by atoms with Crippen LogP contribution in [0.3, 0.4) is 0 Å². The molecule has 37 heavy (non-hydrogen) atoms. The Hall–Kier alpha value is -2.51. The lowest BCUT2D eigenvalue weighted by Crippen LogP contribution is -2.57. The summed E-state index contributed by atoms with van der Waals surface area (Å²) in [6.45, 7) is 2.93. The minimum Gasteiger partial charge on any atom is -0.389 e. The van der Waals surface area contributed by atoms with Crippen LogP contribution in [0.2, 0.25) is 0 Å². The summed E-state index contributed by atoms with van der Waals surface area (Å²) in [7, 11) is -2.24. The number of aliphatic hydroxyl groups is 1. The fraction of sp³-hybridized carbons (Fsp3) is 0.600. The highest BCUT2D eigenvalue weighted by molar-refractivity contribution is 7.89. The average Bonchev–Trinajstić information content (AvgIpc) is 3.34. The molecule has 0 unspecified atom stereocenters. The average molecular weight is 534 g/mol. The van der Waals surface area contributed by atoms with E-state index in [4.69, 9.17) is 9.47 Å². The Balaban J connectivity index is 1.21. The molecular formula is C25H35N5O6S. The largest absolute Gasteiger partial charge is 0.389 e. The van der Waals surface area contributed by atoms with Crippen LogP contribution in [0.5, 0.6) is 0 Å². The number of benzene rings is 1. The summed E-state index contributed by atoms with van der Waals surface area (Å²) in [6.07, 6.45) is 2.40. The molecule has 12 heteroatoms. The molecule has 0 saturated carbocycles. The van der Waals surface area contributed by atoms with Crippen molar-refractivity contribution in [1.82, 2.24) is 18.8 Å². The van der Waals surface area contributed by atoms with E-state index in [1.54, 1.807) is 11.6 Å². The van der Waals surface area contributed by atoms with Gasteiger partial charge in [0.2, 0.25) is 5.91 Å². The Kier molecular flexibility index (Phi) is 7.82. The molecule has 202 valence electrons.